The van der Waals surface area contributed by atoms with Gasteiger partial charge in [0.05, 0.1) is 26.4 Å². The van der Waals surface area contributed by atoms with Crippen LogP contribution in [0.4, 0.5) is 0 Å². The maximum Gasteiger partial charge on any atom is 0.472 e. The summed E-state index contributed by atoms with van der Waals surface area (Å²) in [6, 6.07) is 0. The predicted molar refractivity (Wildman–Crippen MR) is 395 cm³/mol. The highest BCUT2D eigenvalue weighted by molar-refractivity contribution is 7.47. The Bertz CT molecular complexity index is 1890. The molecule has 19 heteroatoms. The summed E-state index contributed by atoms with van der Waals surface area (Å²) < 4.78 is 68.6. The fourth-order valence-corrected chi connectivity index (χ4v) is 13.5. The smallest absolute Gasteiger partial charge is 0.462 e. The molecule has 2 unspecified atom stereocenters. The maximum absolute atomic E-state index is 13.1. The summed E-state index contributed by atoms with van der Waals surface area (Å²) in [6.07, 6.45) is 55.5. The molecule has 0 heterocycles. The first-order chi connectivity index (χ1) is 46.7. The monoisotopic (exact) mass is 1420 g/mol. The second-order valence-electron chi connectivity index (χ2n) is 29.5. The van der Waals surface area contributed by atoms with Crippen LogP contribution in [0.3, 0.4) is 0 Å². The number of esters is 4. The van der Waals surface area contributed by atoms with Gasteiger partial charge in [-0.1, -0.05) is 350 Å². The van der Waals surface area contributed by atoms with Crippen LogP contribution in [0, 0.1) is 17.8 Å². The van der Waals surface area contributed by atoms with E-state index in [0.29, 0.717) is 25.7 Å². The molecule has 0 spiro atoms. The van der Waals surface area contributed by atoms with Gasteiger partial charge in [-0.05, 0) is 43.4 Å². The number of carbonyl (C=O) groups is 4. The van der Waals surface area contributed by atoms with Gasteiger partial charge in [0.2, 0.25) is 0 Å². The van der Waals surface area contributed by atoms with Crippen LogP contribution in [0.15, 0.2) is 0 Å². The van der Waals surface area contributed by atoms with Gasteiger partial charge in [0.15, 0.2) is 12.2 Å². The summed E-state index contributed by atoms with van der Waals surface area (Å²) in [4.78, 5) is 72.9. The molecule has 0 aromatic carbocycles. The molecule has 0 bridgehead atoms. The van der Waals surface area contributed by atoms with Crippen LogP contribution >= 0.6 is 15.6 Å². The zero-order valence-corrected chi connectivity index (χ0v) is 65.3. The molecule has 0 aliphatic heterocycles. The number of phosphoric ester groups is 2. The third-order valence-corrected chi connectivity index (χ3v) is 20.0. The van der Waals surface area contributed by atoms with Crippen LogP contribution in [-0.2, 0) is 65.4 Å². The van der Waals surface area contributed by atoms with Crippen molar-refractivity contribution in [2.45, 2.75) is 420 Å². The fraction of sp³-hybridized carbons (Fsp3) is 0.949. The van der Waals surface area contributed by atoms with Gasteiger partial charge < -0.3 is 33.8 Å². The number of aliphatic hydroxyl groups excluding tert-OH is 1. The molecule has 0 amide bonds. The lowest BCUT2D eigenvalue weighted by molar-refractivity contribution is -0.161. The van der Waals surface area contributed by atoms with Crippen molar-refractivity contribution in [1.29, 1.82) is 0 Å². The van der Waals surface area contributed by atoms with Crippen molar-refractivity contribution < 1.29 is 80.2 Å². The number of carbonyl (C=O) groups excluding carboxylic acids is 4. The average Bonchev–Trinajstić information content (AvgIpc) is 1.07. The second-order valence-corrected chi connectivity index (χ2v) is 32.4. The Hall–Kier alpha value is -1.94. The highest BCUT2D eigenvalue weighted by Gasteiger charge is 2.30. The number of ether oxygens (including phenoxy) is 4. The molecule has 3 N–H and O–H groups in total. The maximum atomic E-state index is 13.1. The first kappa shape index (κ1) is 95.1. The topological polar surface area (TPSA) is 237 Å². The molecule has 0 aromatic heterocycles. The second kappa shape index (κ2) is 68.5. The lowest BCUT2D eigenvalue weighted by Crippen LogP contribution is -2.30. The Morgan fingerprint density at radius 2 is 0.474 bits per heavy atom. The number of aliphatic hydroxyl groups is 1. The summed E-state index contributed by atoms with van der Waals surface area (Å²) in [5.74, 6) is 0.155. The zero-order valence-electron chi connectivity index (χ0n) is 63.5. The Balaban J connectivity index is 5.26. The molecule has 576 valence electrons. The lowest BCUT2D eigenvalue weighted by Gasteiger charge is -2.21. The largest absolute Gasteiger partial charge is 0.472 e. The highest BCUT2D eigenvalue weighted by Crippen LogP contribution is 2.45. The van der Waals surface area contributed by atoms with E-state index in [0.717, 1.165) is 108 Å². The molecule has 0 rings (SSSR count). The van der Waals surface area contributed by atoms with E-state index < -0.39 is 97.5 Å². The average molecular weight is 1420 g/mol. The number of hydrogen-bond acceptors (Lipinski definition) is 15. The van der Waals surface area contributed by atoms with Gasteiger partial charge >= 0.3 is 39.5 Å². The molecular formula is C78H152O17P2. The third kappa shape index (κ3) is 72.2. The highest BCUT2D eigenvalue weighted by atomic mass is 31.2. The van der Waals surface area contributed by atoms with Gasteiger partial charge in [-0.2, -0.15) is 0 Å². The van der Waals surface area contributed by atoms with E-state index >= 15 is 0 Å². The third-order valence-electron chi connectivity index (χ3n) is 18.1. The van der Waals surface area contributed by atoms with Crippen LogP contribution in [0.2, 0.25) is 0 Å². The van der Waals surface area contributed by atoms with Gasteiger partial charge in [0, 0.05) is 25.7 Å². The molecule has 0 saturated carbocycles. The van der Waals surface area contributed by atoms with Gasteiger partial charge in [-0.15, -0.1) is 0 Å². The van der Waals surface area contributed by atoms with Gasteiger partial charge in [0.1, 0.15) is 19.3 Å². The predicted octanol–water partition coefficient (Wildman–Crippen LogP) is 23.0. The molecule has 0 fully saturated rings. The molecular weight excluding hydrogens is 1270 g/mol. The van der Waals surface area contributed by atoms with E-state index in [4.69, 9.17) is 37.0 Å². The molecule has 0 saturated heterocycles. The van der Waals surface area contributed by atoms with Crippen LogP contribution < -0.4 is 0 Å². The van der Waals surface area contributed by atoms with Crippen molar-refractivity contribution in [3.63, 3.8) is 0 Å². The standard InChI is InChI=1S/C78H152O17P2/c1-8-9-10-11-12-13-14-15-16-17-18-21-25-31-40-47-54-61-77(82)94-73(65-88-75(80)59-52-45-38-30-24-22-19-20-23-28-35-42-49-56-69(2)3)67-92-96(84,85)90-63-72(79)64-91-97(86,87)93-68-74(66-89-76(81)60-53-46-39-34-33-37-44-51-58-71(6)7)95-78(83)62-55-48-41-32-27-26-29-36-43-50-57-70(4)5/h69-74,79H,8-68H2,1-7H3,(H,84,85)(H,86,87)/t72-,73-,74-/m1/s1. The summed E-state index contributed by atoms with van der Waals surface area (Å²) in [5, 5.41) is 10.6. The van der Waals surface area contributed by atoms with Crippen molar-refractivity contribution in [3.05, 3.63) is 0 Å². The molecule has 5 atom stereocenters. The molecule has 0 aliphatic rings. The minimum atomic E-state index is -4.96. The van der Waals surface area contributed by atoms with Gasteiger partial charge in [-0.3, -0.25) is 37.3 Å². The van der Waals surface area contributed by atoms with Crippen molar-refractivity contribution >= 4 is 39.5 Å². The van der Waals surface area contributed by atoms with Gasteiger partial charge in [0.25, 0.3) is 0 Å². The number of rotatable bonds is 76. The number of unbranched alkanes of at least 4 members (excludes halogenated alkanes) is 44. The number of hydrogen-bond donors (Lipinski definition) is 3. The quantitative estimate of drug-likeness (QED) is 0.0222. The lowest BCUT2D eigenvalue weighted by atomic mass is 10.0. The van der Waals surface area contributed by atoms with E-state index in [9.17, 15) is 43.2 Å². The Morgan fingerprint density at radius 1 is 0.278 bits per heavy atom. The first-order valence-corrected chi connectivity index (χ1v) is 43.3. The van der Waals surface area contributed by atoms with E-state index in [1.54, 1.807) is 0 Å². The molecule has 0 aromatic rings. The first-order valence-electron chi connectivity index (χ1n) is 40.3. The molecule has 0 radical (unpaired) electrons. The SMILES string of the molecule is CCCCCCCCCCCCCCCCCCCC(=O)O[C@H](COC(=O)CCCCCCCCCCCCCCCC(C)C)COP(=O)(O)OC[C@@H](O)COP(=O)(O)OC[C@@H](COC(=O)CCCCCCCCCCC(C)C)OC(=O)CCCCCCCCCCCCC(C)C. The van der Waals surface area contributed by atoms with Crippen molar-refractivity contribution in [1.82, 2.24) is 0 Å². The van der Waals surface area contributed by atoms with E-state index in [-0.39, 0.29) is 25.7 Å². The summed E-state index contributed by atoms with van der Waals surface area (Å²) in [5.41, 5.74) is 0. The van der Waals surface area contributed by atoms with Crippen molar-refractivity contribution in [3.8, 4) is 0 Å². The van der Waals surface area contributed by atoms with Crippen LogP contribution in [0.1, 0.15) is 402 Å². The van der Waals surface area contributed by atoms with E-state index in [2.05, 4.69) is 48.5 Å². The summed E-state index contributed by atoms with van der Waals surface area (Å²) >= 11 is 0. The Kier molecular flexibility index (Phi) is 67.1. The number of phosphoric acid groups is 2. The minimum absolute atomic E-state index is 0.105. The van der Waals surface area contributed by atoms with Crippen LogP contribution in [-0.4, -0.2) is 96.7 Å². The molecule has 0 aliphatic carbocycles. The molecule has 17 nitrogen and oxygen atoms in total. The van der Waals surface area contributed by atoms with E-state index in [1.165, 1.54) is 212 Å². The Labute approximate surface area is 594 Å². The summed E-state index contributed by atoms with van der Waals surface area (Å²) in [6.45, 7) is 11.9. The normalized spacial score (nSPS) is 14.0. The van der Waals surface area contributed by atoms with E-state index in [1.807, 2.05) is 0 Å². The van der Waals surface area contributed by atoms with Gasteiger partial charge in [-0.25, -0.2) is 9.13 Å². The van der Waals surface area contributed by atoms with Crippen molar-refractivity contribution in [2.24, 2.45) is 17.8 Å². The Morgan fingerprint density at radius 3 is 0.701 bits per heavy atom. The van der Waals surface area contributed by atoms with Crippen LogP contribution in [0.25, 0.3) is 0 Å². The van der Waals surface area contributed by atoms with Crippen molar-refractivity contribution in [2.75, 3.05) is 39.6 Å². The zero-order chi connectivity index (χ0) is 71.6. The van der Waals surface area contributed by atoms with Crippen LogP contribution in [0.5, 0.6) is 0 Å². The fourth-order valence-electron chi connectivity index (χ4n) is 12.0. The minimum Gasteiger partial charge on any atom is -0.462 e. The molecule has 97 heavy (non-hydrogen) atoms. The summed E-state index contributed by atoms with van der Waals surface area (Å²) in [7, 11) is -9.92.